The molecule has 3 N–H and O–H groups in total. The predicted molar refractivity (Wildman–Crippen MR) is 78.8 cm³/mol. The van der Waals surface area contributed by atoms with Gasteiger partial charge in [0, 0.05) is 12.6 Å². The van der Waals surface area contributed by atoms with Crippen LogP contribution in [0.3, 0.4) is 0 Å². The summed E-state index contributed by atoms with van der Waals surface area (Å²) in [6.07, 6.45) is -4.70. The van der Waals surface area contributed by atoms with Gasteiger partial charge in [0.1, 0.15) is 11.5 Å². The fraction of sp³-hybridized carbons (Fsp3) is 0.188. The molecule has 134 valence electrons. The number of rotatable bonds is 5. The maximum atomic E-state index is 13.2. The number of nitrogens with two attached hydrogens (primary N) is 1. The first kappa shape index (κ1) is 18.7. The second-order valence-corrected chi connectivity index (χ2v) is 4.98. The van der Waals surface area contributed by atoms with Crippen LogP contribution in [-0.2, 0) is 17.5 Å². The van der Waals surface area contributed by atoms with E-state index in [0.29, 0.717) is 6.07 Å². The number of halogens is 5. The molecule has 0 saturated carbocycles. The third-order valence-corrected chi connectivity index (χ3v) is 3.17. The molecule has 2 rings (SSSR count). The van der Waals surface area contributed by atoms with Gasteiger partial charge in [-0.15, -0.1) is 0 Å². The van der Waals surface area contributed by atoms with Gasteiger partial charge in [0.2, 0.25) is 5.91 Å². The molecule has 4 nitrogen and oxygen atoms in total. The Kier molecular flexibility index (Phi) is 5.58. The number of ether oxygens (including phenoxy) is 1. The van der Waals surface area contributed by atoms with E-state index in [1.165, 1.54) is 6.07 Å². The van der Waals surface area contributed by atoms with Gasteiger partial charge in [-0.2, -0.15) is 13.2 Å². The molecule has 0 saturated heterocycles. The molecule has 0 atom stereocenters. The highest BCUT2D eigenvalue weighted by Gasteiger charge is 2.33. The van der Waals surface area contributed by atoms with E-state index in [9.17, 15) is 26.7 Å². The van der Waals surface area contributed by atoms with E-state index in [1.54, 1.807) is 0 Å². The van der Waals surface area contributed by atoms with Crippen LogP contribution in [0.5, 0.6) is 11.5 Å². The molecular weight excluding hydrogens is 347 g/mol. The van der Waals surface area contributed by atoms with Crippen LogP contribution in [0.15, 0.2) is 36.4 Å². The van der Waals surface area contributed by atoms with Crippen molar-refractivity contribution in [1.29, 1.82) is 0 Å². The Morgan fingerprint density at radius 2 is 1.68 bits per heavy atom. The molecule has 0 radical (unpaired) electrons. The fourth-order valence-electron chi connectivity index (χ4n) is 1.98. The van der Waals surface area contributed by atoms with E-state index in [-0.39, 0.29) is 30.2 Å². The average Bonchev–Trinajstić information content (AvgIpc) is 2.55. The summed E-state index contributed by atoms with van der Waals surface area (Å²) in [7, 11) is 0. The lowest BCUT2D eigenvalue weighted by molar-refractivity contribution is -0.138. The van der Waals surface area contributed by atoms with Gasteiger partial charge in [-0.1, -0.05) is 6.07 Å². The molecule has 0 unspecified atom stereocenters. The van der Waals surface area contributed by atoms with Crippen LogP contribution in [0.2, 0.25) is 0 Å². The lowest BCUT2D eigenvalue weighted by atomic mass is 10.1. The van der Waals surface area contributed by atoms with E-state index in [1.807, 2.05) is 0 Å². The van der Waals surface area contributed by atoms with Crippen LogP contribution in [0.4, 0.5) is 22.0 Å². The zero-order chi connectivity index (χ0) is 18.6. The van der Waals surface area contributed by atoms with Crippen LogP contribution < -0.4 is 15.8 Å². The van der Waals surface area contributed by atoms with Gasteiger partial charge >= 0.3 is 6.18 Å². The van der Waals surface area contributed by atoms with Gasteiger partial charge in [-0.3, -0.25) is 4.79 Å². The maximum Gasteiger partial charge on any atom is 0.416 e. The fourth-order valence-corrected chi connectivity index (χ4v) is 1.98. The van der Waals surface area contributed by atoms with Crippen molar-refractivity contribution in [1.82, 2.24) is 5.32 Å². The topological polar surface area (TPSA) is 64.4 Å². The SMILES string of the molecule is NCC(=O)NCc1ccc(Oc2ccc(F)c(F)c2)cc1C(F)(F)F. The largest absolute Gasteiger partial charge is 0.457 e. The Morgan fingerprint density at radius 1 is 1.04 bits per heavy atom. The van der Waals surface area contributed by atoms with Crippen molar-refractivity contribution in [2.75, 3.05) is 6.54 Å². The minimum atomic E-state index is -4.70. The number of alkyl halides is 3. The van der Waals surface area contributed by atoms with E-state index in [4.69, 9.17) is 10.5 Å². The van der Waals surface area contributed by atoms with Crippen molar-refractivity contribution in [2.24, 2.45) is 5.73 Å². The molecule has 0 fully saturated rings. The minimum absolute atomic E-state index is 0.156. The van der Waals surface area contributed by atoms with Crippen LogP contribution in [-0.4, -0.2) is 12.5 Å². The van der Waals surface area contributed by atoms with Crippen molar-refractivity contribution in [3.8, 4) is 11.5 Å². The quantitative estimate of drug-likeness (QED) is 0.804. The van der Waals surface area contributed by atoms with Gasteiger partial charge in [0.15, 0.2) is 11.6 Å². The summed E-state index contributed by atoms with van der Waals surface area (Å²) in [4.78, 5) is 11.1. The van der Waals surface area contributed by atoms with E-state index in [0.717, 1.165) is 24.3 Å². The molecule has 0 heterocycles. The second kappa shape index (κ2) is 7.47. The van der Waals surface area contributed by atoms with E-state index < -0.39 is 29.3 Å². The third-order valence-electron chi connectivity index (χ3n) is 3.17. The summed E-state index contributed by atoms with van der Waals surface area (Å²) in [5.74, 6) is -3.26. The Morgan fingerprint density at radius 3 is 2.28 bits per heavy atom. The first-order chi connectivity index (χ1) is 11.7. The van der Waals surface area contributed by atoms with Gasteiger partial charge in [0.05, 0.1) is 12.1 Å². The van der Waals surface area contributed by atoms with Crippen molar-refractivity contribution in [3.05, 3.63) is 59.2 Å². The molecule has 1 amide bonds. The predicted octanol–water partition coefficient (Wildman–Crippen LogP) is 3.35. The average molecular weight is 360 g/mol. The molecule has 2 aromatic rings. The second-order valence-electron chi connectivity index (χ2n) is 4.98. The number of hydrogen-bond acceptors (Lipinski definition) is 3. The Labute approximate surface area is 139 Å². The number of nitrogens with one attached hydrogen (secondary N) is 1. The standard InChI is InChI=1S/C16H13F5N2O2/c17-13-4-3-11(6-14(13)18)25-10-2-1-9(8-23-15(24)7-22)12(5-10)16(19,20)21/h1-6H,7-8,22H2,(H,23,24). The molecule has 2 aromatic carbocycles. The molecular formula is C16H13F5N2O2. The zero-order valence-corrected chi connectivity index (χ0v) is 12.7. The monoisotopic (exact) mass is 360 g/mol. The van der Waals surface area contributed by atoms with E-state index >= 15 is 0 Å². The van der Waals surface area contributed by atoms with Crippen LogP contribution >= 0.6 is 0 Å². The first-order valence-corrected chi connectivity index (χ1v) is 7.00. The van der Waals surface area contributed by atoms with Gasteiger partial charge in [-0.25, -0.2) is 8.78 Å². The van der Waals surface area contributed by atoms with Crippen LogP contribution in [0.25, 0.3) is 0 Å². The minimum Gasteiger partial charge on any atom is -0.457 e. The summed E-state index contributed by atoms with van der Waals surface area (Å²) in [6, 6.07) is 5.66. The highest BCUT2D eigenvalue weighted by atomic mass is 19.4. The Bertz CT molecular complexity index is 778. The number of hydrogen-bond donors (Lipinski definition) is 2. The number of amides is 1. The van der Waals surface area contributed by atoms with Crippen LogP contribution in [0.1, 0.15) is 11.1 Å². The van der Waals surface area contributed by atoms with Gasteiger partial charge in [0.25, 0.3) is 0 Å². The molecule has 0 spiro atoms. The summed E-state index contributed by atoms with van der Waals surface area (Å²) >= 11 is 0. The molecule has 0 aliphatic heterocycles. The molecule has 0 aliphatic rings. The van der Waals surface area contributed by atoms with Crippen molar-refractivity contribution < 1.29 is 31.5 Å². The number of carbonyl (C=O) groups excluding carboxylic acids is 1. The molecule has 0 aliphatic carbocycles. The maximum absolute atomic E-state index is 13.2. The highest BCUT2D eigenvalue weighted by Crippen LogP contribution is 2.35. The number of carbonyl (C=O) groups is 1. The lowest BCUT2D eigenvalue weighted by Gasteiger charge is -2.15. The van der Waals surface area contributed by atoms with Crippen molar-refractivity contribution >= 4 is 5.91 Å². The molecule has 9 heteroatoms. The van der Waals surface area contributed by atoms with Gasteiger partial charge in [-0.05, 0) is 29.8 Å². The summed E-state index contributed by atoms with van der Waals surface area (Å²) in [5, 5.41) is 2.25. The smallest absolute Gasteiger partial charge is 0.416 e. The first-order valence-electron chi connectivity index (χ1n) is 7.00. The lowest BCUT2D eigenvalue weighted by Crippen LogP contribution is -2.30. The van der Waals surface area contributed by atoms with Gasteiger partial charge < -0.3 is 15.8 Å². The molecule has 0 aromatic heterocycles. The molecule has 0 bridgehead atoms. The molecule has 25 heavy (non-hydrogen) atoms. The Hall–Kier alpha value is -2.68. The normalized spacial score (nSPS) is 11.3. The van der Waals surface area contributed by atoms with Crippen LogP contribution in [0, 0.1) is 11.6 Å². The van der Waals surface area contributed by atoms with Crippen molar-refractivity contribution in [2.45, 2.75) is 12.7 Å². The summed E-state index contributed by atoms with van der Waals surface area (Å²) < 4.78 is 70.7. The summed E-state index contributed by atoms with van der Waals surface area (Å²) in [5.41, 5.74) is 3.87. The highest BCUT2D eigenvalue weighted by molar-refractivity contribution is 5.77. The van der Waals surface area contributed by atoms with Crippen molar-refractivity contribution in [3.63, 3.8) is 0 Å². The Balaban J connectivity index is 2.28. The van der Waals surface area contributed by atoms with E-state index in [2.05, 4.69) is 5.32 Å². The number of benzene rings is 2. The summed E-state index contributed by atoms with van der Waals surface area (Å²) in [6.45, 7) is -0.713. The third kappa shape index (κ3) is 4.90. The zero-order valence-electron chi connectivity index (χ0n) is 12.7.